The van der Waals surface area contributed by atoms with E-state index in [9.17, 15) is 0 Å². The molecule has 0 N–H and O–H groups in total. The van der Waals surface area contributed by atoms with Gasteiger partial charge >= 0.3 is 0 Å². The number of hydrogen-bond acceptors (Lipinski definition) is 1. The Labute approximate surface area is 105 Å². The molecule has 1 nitrogen and oxygen atoms in total. The molecule has 0 radical (unpaired) electrons. The first-order valence-electron chi connectivity index (χ1n) is 5.28. The smallest absolute Gasteiger partial charge is 0.0346 e. The third-order valence-electron chi connectivity index (χ3n) is 2.83. The Morgan fingerprint density at radius 3 is 2.50 bits per heavy atom. The maximum Gasteiger partial charge on any atom is 0.0346 e. The zero-order valence-electron chi connectivity index (χ0n) is 9.71. The largest absolute Gasteiger partial charge is 0.264 e. The summed E-state index contributed by atoms with van der Waals surface area (Å²) in [6, 6.07) is 6.28. The summed E-state index contributed by atoms with van der Waals surface area (Å²) in [5.74, 6) is 0. The summed E-state index contributed by atoms with van der Waals surface area (Å²) >= 11 is 3.64. The minimum Gasteiger partial charge on any atom is -0.264 e. The molecule has 0 aliphatic rings. The number of nitrogens with zero attached hydrogens (tertiary/aromatic N) is 1. The lowest BCUT2D eigenvalue weighted by atomic mass is 9.95. The molecule has 0 unspecified atom stereocenters. The topological polar surface area (TPSA) is 12.9 Å². The Hall–Kier alpha value is -1.15. The normalized spacial score (nSPS) is 10.5. The Balaban J connectivity index is 2.71. The third kappa shape index (κ3) is 1.90. The fourth-order valence-electron chi connectivity index (χ4n) is 2.12. The van der Waals surface area contributed by atoms with E-state index in [0.717, 1.165) is 0 Å². The molecule has 16 heavy (non-hydrogen) atoms. The predicted molar refractivity (Wildman–Crippen MR) is 71.6 cm³/mol. The molecule has 2 aromatic rings. The van der Waals surface area contributed by atoms with E-state index < -0.39 is 0 Å². The molecule has 0 fully saturated rings. The second-order valence-electron chi connectivity index (χ2n) is 4.07. The van der Waals surface area contributed by atoms with Crippen LogP contribution >= 0.6 is 15.9 Å². The Kier molecular flexibility index (Phi) is 3.10. The molecule has 0 atom stereocenters. The van der Waals surface area contributed by atoms with Gasteiger partial charge in [0, 0.05) is 22.4 Å². The third-order valence-corrected chi connectivity index (χ3v) is 4.05. The van der Waals surface area contributed by atoms with E-state index in [2.05, 4.69) is 53.8 Å². The average Bonchev–Trinajstić information content (AvgIpc) is 2.28. The molecular weight excluding hydrogens is 262 g/mol. The highest BCUT2D eigenvalue weighted by molar-refractivity contribution is 9.10. The van der Waals surface area contributed by atoms with Crippen LogP contribution in [0, 0.1) is 20.8 Å². The average molecular weight is 276 g/mol. The van der Waals surface area contributed by atoms with Gasteiger partial charge in [-0.3, -0.25) is 4.98 Å². The van der Waals surface area contributed by atoms with Gasteiger partial charge in [-0.15, -0.1) is 0 Å². The molecule has 82 valence electrons. The number of aryl methyl sites for hydroxylation is 2. The zero-order valence-corrected chi connectivity index (χ0v) is 11.3. The summed E-state index contributed by atoms with van der Waals surface area (Å²) in [5, 5.41) is 0. The van der Waals surface area contributed by atoms with Gasteiger partial charge in [0.05, 0.1) is 0 Å². The Morgan fingerprint density at radius 1 is 1.12 bits per heavy atom. The predicted octanol–water partition coefficient (Wildman–Crippen LogP) is 4.44. The molecule has 1 aromatic carbocycles. The van der Waals surface area contributed by atoms with Gasteiger partial charge in [0.1, 0.15) is 0 Å². The van der Waals surface area contributed by atoms with Crippen molar-refractivity contribution in [1.82, 2.24) is 4.98 Å². The zero-order chi connectivity index (χ0) is 11.7. The quantitative estimate of drug-likeness (QED) is 0.750. The Bertz CT molecular complexity index is 518. The van der Waals surface area contributed by atoms with Gasteiger partial charge in [-0.2, -0.15) is 0 Å². The standard InChI is InChI=1S/C14H14BrN/c1-9-7-10(2)14(15)11(3)13(9)12-5-4-6-16-8-12/h4-8H,1-3H3. The molecule has 0 aliphatic carbocycles. The number of benzene rings is 1. The van der Waals surface area contributed by atoms with E-state index in [1.807, 2.05) is 12.3 Å². The van der Waals surface area contributed by atoms with Gasteiger partial charge in [0.2, 0.25) is 0 Å². The number of halogens is 1. The second-order valence-corrected chi connectivity index (χ2v) is 4.86. The molecule has 0 amide bonds. The van der Waals surface area contributed by atoms with Crippen LogP contribution in [0.5, 0.6) is 0 Å². The lowest BCUT2D eigenvalue weighted by Gasteiger charge is -2.13. The van der Waals surface area contributed by atoms with Crippen molar-refractivity contribution >= 4 is 15.9 Å². The fraction of sp³-hybridized carbons (Fsp3) is 0.214. The first-order valence-corrected chi connectivity index (χ1v) is 6.07. The van der Waals surface area contributed by atoms with Gasteiger partial charge in [-0.25, -0.2) is 0 Å². The molecule has 0 saturated heterocycles. The van der Waals surface area contributed by atoms with Crippen molar-refractivity contribution in [2.45, 2.75) is 20.8 Å². The van der Waals surface area contributed by atoms with Crippen molar-refractivity contribution < 1.29 is 0 Å². The second kappa shape index (κ2) is 4.38. The summed E-state index contributed by atoms with van der Waals surface area (Å²) in [6.45, 7) is 6.41. The van der Waals surface area contributed by atoms with Crippen LogP contribution in [0.25, 0.3) is 11.1 Å². The van der Waals surface area contributed by atoms with Crippen LogP contribution < -0.4 is 0 Å². The molecule has 1 aromatic heterocycles. The highest BCUT2D eigenvalue weighted by Crippen LogP contribution is 2.33. The van der Waals surface area contributed by atoms with E-state index in [-0.39, 0.29) is 0 Å². The van der Waals surface area contributed by atoms with Crippen molar-refractivity contribution in [2.24, 2.45) is 0 Å². The van der Waals surface area contributed by atoms with Crippen LogP contribution in [-0.2, 0) is 0 Å². The molecule has 1 heterocycles. The van der Waals surface area contributed by atoms with E-state index in [0.29, 0.717) is 0 Å². The molecular formula is C14H14BrN. The highest BCUT2D eigenvalue weighted by atomic mass is 79.9. The number of hydrogen-bond donors (Lipinski definition) is 0. The first-order chi connectivity index (χ1) is 7.61. The van der Waals surface area contributed by atoms with E-state index in [1.165, 1.54) is 32.3 Å². The van der Waals surface area contributed by atoms with E-state index in [4.69, 9.17) is 0 Å². The van der Waals surface area contributed by atoms with Crippen molar-refractivity contribution in [3.8, 4) is 11.1 Å². The molecule has 2 rings (SSSR count). The van der Waals surface area contributed by atoms with Crippen LogP contribution in [-0.4, -0.2) is 4.98 Å². The van der Waals surface area contributed by atoms with Crippen LogP contribution in [0.15, 0.2) is 35.1 Å². The van der Waals surface area contributed by atoms with Gasteiger partial charge < -0.3 is 0 Å². The lowest BCUT2D eigenvalue weighted by Crippen LogP contribution is -1.92. The summed E-state index contributed by atoms with van der Waals surface area (Å²) < 4.78 is 1.19. The molecule has 0 spiro atoms. The number of pyridine rings is 1. The summed E-state index contributed by atoms with van der Waals surface area (Å²) in [6.07, 6.45) is 3.72. The van der Waals surface area contributed by atoms with E-state index >= 15 is 0 Å². The van der Waals surface area contributed by atoms with Crippen molar-refractivity contribution in [3.63, 3.8) is 0 Å². The highest BCUT2D eigenvalue weighted by Gasteiger charge is 2.10. The van der Waals surface area contributed by atoms with Gasteiger partial charge in [-0.05, 0) is 49.1 Å². The van der Waals surface area contributed by atoms with Crippen molar-refractivity contribution in [2.75, 3.05) is 0 Å². The van der Waals surface area contributed by atoms with Crippen molar-refractivity contribution in [1.29, 1.82) is 0 Å². The SMILES string of the molecule is Cc1cc(C)c(-c2cccnc2)c(C)c1Br. The lowest BCUT2D eigenvalue weighted by molar-refractivity contribution is 1.27. The van der Waals surface area contributed by atoms with Gasteiger partial charge in [-0.1, -0.05) is 28.1 Å². The van der Waals surface area contributed by atoms with Gasteiger partial charge in [0.25, 0.3) is 0 Å². The minimum absolute atomic E-state index is 1.18. The minimum atomic E-state index is 1.18. The number of aromatic nitrogens is 1. The van der Waals surface area contributed by atoms with Gasteiger partial charge in [0.15, 0.2) is 0 Å². The maximum atomic E-state index is 4.18. The molecule has 0 bridgehead atoms. The van der Waals surface area contributed by atoms with Crippen LogP contribution in [0.3, 0.4) is 0 Å². The number of rotatable bonds is 1. The van der Waals surface area contributed by atoms with Crippen LogP contribution in [0.4, 0.5) is 0 Å². The summed E-state index contributed by atoms with van der Waals surface area (Å²) in [4.78, 5) is 4.18. The fourth-order valence-corrected chi connectivity index (χ4v) is 2.43. The van der Waals surface area contributed by atoms with Crippen molar-refractivity contribution in [3.05, 3.63) is 51.8 Å². The first kappa shape index (κ1) is 11.3. The Morgan fingerprint density at radius 2 is 1.88 bits per heavy atom. The molecule has 0 aliphatic heterocycles. The molecule has 2 heteroatoms. The van der Waals surface area contributed by atoms with Crippen LogP contribution in [0.1, 0.15) is 16.7 Å². The molecule has 0 saturated carbocycles. The monoisotopic (exact) mass is 275 g/mol. The summed E-state index contributed by atoms with van der Waals surface area (Å²) in [7, 11) is 0. The maximum absolute atomic E-state index is 4.18. The van der Waals surface area contributed by atoms with E-state index in [1.54, 1.807) is 6.20 Å². The summed E-state index contributed by atoms with van der Waals surface area (Å²) in [5.41, 5.74) is 6.32. The van der Waals surface area contributed by atoms with Crippen LogP contribution in [0.2, 0.25) is 0 Å².